The molecule has 0 saturated heterocycles. The maximum absolute atomic E-state index is 11.9. The highest BCUT2D eigenvalue weighted by Crippen LogP contribution is 2.06. The molecule has 0 atom stereocenters. The number of pyridine rings is 1. The largest absolute Gasteiger partial charge is 0.368 e. The van der Waals surface area contributed by atoms with Crippen molar-refractivity contribution in [1.29, 1.82) is 0 Å². The minimum absolute atomic E-state index is 0.191. The second-order valence-electron chi connectivity index (χ2n) is 6.44. The van der Waals surface area contributed by atoms with Crippen LogP contribution in [-0.2, 0) is 17.9 Å². The van der Waals surface area contributed by atoms with Gasteiger partial charge < -0.3 is 21.7 Å². The number of carbonyl (C=O) groups excluding carboxylic acids is 2. The monoisotopic (exact) mass is 408 g/mol. The second kappa shape index (κ2) is 10.0. The van der Waals surface area contributed by atoms with E-state index in [-0.39, 0.29) is 12.5 Å². The van der Waals surface area contributed by atoms with Crippen LogP contribution in [0, 0.1) is 0 Å². The summed E-state index contributed by atoms with van der Waals surface area (Å²) in [6.45, 7) is 3.41. The van der Waals surface area contributed by atoms with Crippen LogP contribution < -0.4 is 21.7 Å². The van der Waals surface area contributed by atoms with Gasteiger partial charge in [0.05, 0.1) is 19.6 Å². The van der Waals surface area contributed by atoms with Crippen LogP contribution >= 0.6 is 0 Å². The number of aromatic nitrogens is 3. The fourth-order valence-electron chi connectivity index (χ4n) is 2.72. The zero-order valence-electron chi connectivity index (χ0n) is 16.6. The van der Waals surface area contributed by atoms with Gasteiger partial charge in [-0.2, -0.15) is 0 Å². The van der Waals surface area contributed by atoms with E-state index in [1.165, 1.54) is 0 Å². The van der Waals surface area contributed by atoms with Crippen LogP contribution in [0.1, 0.15) is 28.7 Å². The Morgan fingerprint density at radius 3 is 2.60 bits per heavy atom. The maximum Gasteiger partial charge on any atom is 0.251 e. The van der Waals surface area contributed by atoms with Crippen molar-refractivity contribution in [2.75, 3.05) is 13.1 Å². The van der Waals surface area contributed by atoms with Crippen molar-refractivity contribution in [3.05, 3.63) is 65.6 Å². The van der Waals surface area contributed by atoms with E-state index in [9.17, 15) is 9.59 Å². The van der Waals surface area contributed by atoms with E-state index in [2.05, 4.69) is 31.1 Å². The van der Waals surface area contributed by atoms with Crippen molar-refractivity contribution in [1.82, 2.24) is 30.5 Å². The number of primary amides is 1. The third kappa shape index (κ3) is 5.53. The maximum atomic E-state index is 11.9. The molecule has 0 saturated carbocycles. The molecule has 0 unspecified atom stereocenters. The minimum Gasteiger partial charge on any atom is -0.368 e. The highest BCUT2D eigenvalue weighted by molar-refractivity contribution is 5.96. The SMILES string of the molecule is CCNC(=NCc1ccc(C(=O)NCC(N)=O)cc1)NCc1nnc2ccccn12. The molecule has 2 heterocycles. The molecule has 0 radical (unpaired) electrons. The molecular weight excluding hydrogens is 384 g/mol. The third-order valence-electron chi connectivity index (χ3n) is 4.20. The average Bonchev–Trinajstić information content (AvgIpc) is 3.17. The number of guanidine groups is 1. The number of aliphatic imine (C=N–C) groups is 1. The molecule has 0 fully saturated rings. The first-order valence-electron chi connectivity index (χ1n) is 9.53. The molecule has 5 N–H and O–H groups in total. The summed E-state index contributed by atoms with van der Waals surface area (Å²) in [4.78, 5) is 27.3. The lowest BCUT2D eigenvalue weighted by Crippen LogP contribution is -2.37. The lowest BCUT2D eigenvalue weighted by molar-refractivity contribution is -0.117. The predicted octanol–water partition coefficient (Wildman–Crippen LogP) is 0.200. The first-order valence-corrected chi connectivity index (χ1v) is 9.53. The lowest BCUT2D eigenvalue weighted by atomic mass is 10.1. The molecule has 0 spiro atoms. The van der Waals surface area contributed by atoms with Crippen LogP contribution in [0.25, 0.3) is 5.65 Å². The van der Waals surface area contributed by atoms with Gasteiger partial charge in [-0.25, -0.2) is 4.99 Å². The van der Waals surface area contributed by atoms with E-state index in [0.29, 0.717) is 31.2 Å². The minimum atomic E-state index is -0.586. The fraction of sp³-hybridized carbons (Fsp3) is 0.250. The third-order valence-corrected chi connectivity index (χ3v) is 4.20. The van der Waals surface area contributed by atoms with Gasteiger partial charge in [-0.3, -0.25) is 14.0 Å². The summed E-state index contributed by atoms with van der Waals surface area (Å²) < 4.78 is 1.92. The van der Waals surface area contributed by atoms with E-state index < -0.39 is 5.91 Å². The Labute approximate surface area is 173 Å². The summed E-state index contributed by atoms with van der Waals surface area (Å²) in [7, 11) is 0. The Balaban J connectivity index is 1.60. The lowest BCUT2D eigenvalue weighted by Gasteiger charge is -2.10. The van der Waals surface area contributed by atoms with Crippen LogP contribution in [0.2, 0.25) is 0 Å². The summed E-state index contributed by atoms with van der Waals surface area (Å²) in [5, 5.41) is 17.2. The Morgan fingerprint density at radius 1 is 1.07 bits per heavy atom. The molecule has 0 aliphatic heterocycles. The van der Waals surface area contributed by atoms with Crippen LogP contribution in [0.4, 0.5) is 0 Å². The number of rotatable bonds is 8. The standard InChI is InChI=1S/C20H24N8O2/c1-2-22-20(25-13-18-27-26-17-5-3-4-10-28(17)18)24-11-14-6-8-15(9-7-14)19(30)23-12-16(21)29/h3-10H,2,11-13H2,1H3,(H2,21,29)(H,23,30)(H2,22,24,25). The van der Waals surface area contributed by atoms with Gasteiger partial charge in [-0.1, -0.05) is 18.2 Å². The van der Waals surface area contributed by atoms with Crippen molar-refractivity contribution < 1.29 is 9.59 Å². The Hall–Kier alpha value is -3.95. The van der Waals surface area contributed by atoms with Crippen molar-refractivity contribution >= 4 is 23.4 Å². The van der Waals surface area contributed by atoms with Crippen LogP contribution in [0.15, 0.2) is 53.7 Å². The zero-order valence-corrected chi connectivity index (χ0v) is 16.6. The number of hydrogen-bond donors (Lipinski definition) is 4. The van der Waals surface area contributed by atoms with Crippen LogP contribution in [0.3, 0.4) is 0 Å². The van der Waals surface area contributed by atoms with E-state index in [0.717, 1.165) is 17.0 Å². The molecule has 3 aromatic rings. The van der Waals surface area contributed by atoms with Crippen molar-refractivity contribution in [2.24, 2.45) is 10.7 Å². The van der Waals surface area contributed by atoms with Gasteiger partial charge in [0.15, 0.2) is 17.4 Å². The average molecular weight is 408 g/mol. The summed E-state index contributed by atoms with van der Waals surface area (Å²) in [6.07, 6.45) is 1.91. The molecule has 0 aliphatic rings. The first-order chi connectivity index (χ1) is 14.6. The van der Waals surface area contributed by atoms with Gasteiger partial charge in [0.2, 0.25) is 5.91 Å². The number of hydrogen-bond acceptors (Lipinski definition) is 5. The quantitative estimate of drug-likeness (QED) is 0.310. The van der Waals surface area contributed by atoms with Crippen LogP contribution in [0.5, 0.6) is 0 Å². The number of carbonyl (C=O) groups is 2. The molecule has 1 aromatic carbocycles. The zero-order chi connectivity index (χ0) is 21.3. The molecule has 0 aliphatic carbocycles. The smallest absolute Gasteiger partial charge is 0.251 e. The first kappa shape index (κ1) is 20.8. The highest BCUT2D eigenvalue weighted by atomic mass is 16.2. The van der Waals surface area contributed by atoms with E-state index in [4.69, 9.17) is 5.73 Å². The van der Waals surface area contributed by atoms with Gasteiger partial charge in [-0.15, -0.1) is 10.2 Å². The predicted molar refractivity (Wildman–Crippen MR) is 113 cm³/mol. The summed E-state index contributed by atoms with van der Waals surface area (Å²) >= 11 is 0. The Kier molecular flexibility index (Phi) is 6.93. The van der Waals surface area contributed by atoms with Crippen molar-refractivity contribution in [2.45, 2.75) is 20.0 Å². The number of amides is 2. The number of nitrogens with two attached hydrogens (primary N) is 1. The summed E-state index contributed by atoms with van der Waals surface area (Å²) in [5.74, 6) is 0.493. The van der Waals surface area contributed by atoms with Crippen molar-refractivity contribution in [3.63, 3.8) is 0 Å². The fourth-order valence-corrected chi connectivity index (χ4v) is 2.72. The van der Waals surface area contributed by atoms with E-state index in [1.807, 2.05) is 47.9 Å². The number of nitrogens with one attached hydrogen (secondary N) is 3. The molecule has 10 nitrogen and oxygen atoms in total. The molecule has 2 amide bonds. The molecule has 3 rings (SSSR count). The molecule has 156 valence electrons. The molecule has 2 aromatic heterocycles. The molecular formula is C20H24N8O2. The van der Waals surface area contributed by atoms with Gasteiger partial charge in [0.1, 0.15) is 0 Å². The molecule has 10 heteroatoms. The van der Waals surface area contributed by atoms with Gasteiger partial charge in [-0.05, 0) is 36.8 Å². The Bertz CT molecular complexity index is 1040. The van der Waals surface area contributed by atoms with Crippen LogP contribution in [-0.4, -0.2) is 45.5 Å². The number of nitrogens with zero attached hydrogens (tertiary/aromatic N) is 4. The van der Waals surface area contributed by atoms with Gasteiger partial charge in [0.25, 0.3) is 5.91 Å². The van der Waals surface area contributed by atoms with E-state index >= 15 is 0 Å². The normalized spacial score (nSPS) is 11.3. The van der Waals surface area contributed by atoms with E-state index in [1.54, 1.807) is 12.1 Å². The van der Waals surface area contributed by atoms with Crippen molar-refractivity contribution in [3.8, 4) is 0 Å². The highest BCUT2D eigenvalue weighted by Gasteiger charge is 2.07. The van der Waals surface area contributed by atoms with Gasteiger partial charge in [0, 0.05) is 18.3 Å². The Morgan fingerprint density at radius 2 is 1.87 bits per heavy atom. The number of fused-ring (bicyclic) bond motifs is 1. The topological polar surface area (TPSA) is 139 Å². The van der Waals surface area contributed by atoms with Gasteiger partial charge >= 0.3 is 0 Å². The summed E-state index contributed by atoms with van der Waals surface area (Å²) in [5.41, 5.74) is 7.21. The summed E-state index contributed by atoms with van der Waals surface area (Å²) in [6, 6.07) is 12.7. The molecule has 30 heavy (non-hydrogen) atoms. The number of benzene rings is 1. The second-order valence-corrected chi connectivity index (χ2v) is 6.44. The molecule has 0 bridgehead atoms.